The van der Waals surface area contributed by atoms with E-state index < -0.39 is 11.5 Å². The molecule has 3 N–H and O–H groups in total. The van der Waals surface area contributed by atoms with E-state index in [-0.39, 0.29) is 5.43 Å². The summed E-state index contributed by atoms with van der Waals surface area (Å²) in [5.41, 5.74) is 0.722. The molecule has 0 unspecified atom stereocenters. The molecule has 5 nitrogen and oxygen atoms in total. The van der Waals surface area contributed by atoms with Crippen LogP contribution in [0.2, 0.25) is 0 Å². The van der Waals surface area contributed by atoms with E-state index in [0.717, 1.165) is 17.6 Å². The highest BCUT2D eigenvalue weighted by Gasteiger charge is 2.41. The lowest BCUT2D eigenvalue weighted by Crippen LogP contribution is -2.48. The summed E-state index contributed by atoms with van der Waals surface area (Å²) in [6.45, 7) is 1.82. The Balaban J connectivity index is 1.93. The minimum Gasteiger partial charge on any atom is -0.380 e. The first-order chi connectivity index (χ1) is 9.48. The summed E-state index contributed by atoms with van der Waals surface area (Å²) in [5.74, 6) is -0.397. The van der Waals surface area contributed by atoms with E-state index in [9.17, 15) is 14.7 Å². The summed E-state index contributed by atoms with van der Waals surface area (Å²) in [4.78, 5) is 27.0. The molecule has 1 aliphatic carbocycles. The van der Waals surface area contributed by atoms with Crippen molar-refractivity contribution < 1.29 is 9.90 Å². The molecular weight excluding hydrogens is 256 g/mol. The van der Waals surface area contributed by atoms with Crippen LogP contribution in [0.15, 0.2) is 29.1 Å². The van der Waals surface area contributed by atoms with Gasteiger partial charge < -0.3 is 15.4 Å². The van der Waals surface area contributed by atoms with Crippen molar-refractivity contribution in [2.45, 2.75) is 31.8 Å². The van der Waals surface area contributed by atoms with Gasteiger partial charge in [-0.2, -0.15) is 0 Å². The number of aryl methyl sites for hydroxylation is 1. The van der Waals surface area contributed by atoms with Gasteiger partial charge in [-0.15, -0.1) is 0 Å². The number of hydrogen-bond donors (Lipinski definition) is 3. The zero-order valence-electron chi connectivity index (χ0n) is 11.2. The van der Waals surface area contributed by atoms with Crippen LogP contribution in [0.25, 0.3) is 10.9 Å². The number of carbonyl (C=O) groups is 1. The highest BCUT2D eigenvalue weighted by Crippen LogP contribution is 2.32. The predicted molar refractivity (Wildman–Crippen MR) is 76.7 cm³/mol. The lowest BCUT2D eigenvalue weighted by Gasteiger charge is -2.34. The summed E-state index contributed by atoms with van der Waals surface area (Å²) in [6, 6.07) is 6.63. The fraction of sp³-hybridized carbons (Fsp3) is 0.333. The molecule has 0 spiro atoms. The molecule has 0 saturated heterocycles. The van der Waals surface area contributed by atoms with Gasteiger partial charge in [-0.1, -0.05) is 0 Å². The van der Waals surface area contributed by atoms with Crippen LogP contribution in [-0.2, 0) is 4.79 Å². The molecule has 3 rings (SSSR count). The van der Waals surface area contributed by atoms with Gasteiger partial charge >= 0.3 is 0 Å². The Morgan fingerprint density at radius 2 is 2.10 bits per heavy atom. The number of rotatable bonds is 2. The number of amides is 1. The van der Waals surface area contributed by atoms with E-state index in [0.29, 0.717) is 23.9 Å². The molecular formula is C15H16N2O3. The van der Waals surface area contributed by atoms with Gasteiger partial charge in [-0.3, -0.25) is 9.59 Å². The number of fused-ring (bicyclic) bond motifs is 1. The number of benzene rings is 1. The second kappa shape index (κ2) is 4.45. The van der Waals surface area contributed by atoms with Crippen molar-refractivity contribution >= 4 is 22.5 Å². The summed E-state index contributed by atoms with van der Waals surface area (Å²) >= 11 is 0. The lowest BCUT2D eigenvalue weighted by molar-refractivity contribution is -0.142. The molecule has 0 bridgehead atoms. The third kappa shape index (κ3) is 2.10. The first-order valence-corrected chi connectivity index (χ1v) is 6.65. The Bertz CT molecular complexity index is 744. The van der Waals surface area contributed by atoms with Gasteiger partial charge in [0.25, 0.3) is 5.91 Å². The molecule has 1 aromatic heterocycles. The maximum atomic E-state index is 11.9. The van der Waals surface area contributed by atoms with Crippen LogP contribution in [0.5, 0.6) is 0 Å². The Morgan fingerprint density at radius 1 is 1.35 bits per heavy atom. The molecule has 1 aliphatic rings. The van der Waals surface area contributed by atoms with Crippen molar-refractivity contribution in [2.75, 3.05) is 5.32 Å². The van der Waals surface area contributed by atoms with Gasteiger partial charge in [-0.05, 0) is 44.4 Å². The number of nitrogens with one attached hydrogen (secondary N) is 2. The normalized spacial score (nSPS) is 16.7. The zero-order valence-corrected chi connectivity index (χ0v) is 11.2. The second-order valence-corrected chi connectivity index (χ2v) is 5.42. The molecule has 20 heavy (non-hydrogen) atoms. The van der Waals surface area contributed by atoms with Crippen LogP contribution in [0, 0.1) is 6.92 Å². The van der Waals surface area contributed by atoms with E-state index >= 15 is 0 Å². The van der Waals surface area contributed by atoms with E-state index in [1.54, 1.807) is 18.2 Å². The van der Waals surface area contributed by atoms with Crippen LogP contribution in [0.1, 0.15) is 25.0 Å². The fourth-order valence-corrected chi connectivity index (χ4v) is 2.44. The topological polar surface area (TPSA) is 82.2 Å². The molecule has 0 atom stereocenters. The Morgan fingerprint density at radius 3 is 2.75 bits per heavy atom. The fourth-order valence-electron chi connectivity index (χ4n) is 2.44. The van der Waals surface area contributed by atoms with E-state index in [1.807, 2.05) is 6.92 Å². The smallest absolute Gasteiger partial charge is 0.256 e. The Kier molecular flexibility index (Phi) is 2.87. The SMILES string of the molecule is Cc1cc(=O)c2cc(NC(=O)C3(O)CCC3)ccc2[nH]1. The number of aromatic amines is 1. The van der Waals surface area contributed by atoms with Gasteiger partial charge in [0.05, 0.1) is 0 Å². The van der Waals surface area contributed by atoms with E-state index in [1.165, 1.54) is 6.07 Å². The average Bonchev–Trinajstić information content (AvgIpc) is 2.36. The highest BCUT2D eigenvalue weighted by molar-refractivity contribution is 5.99. The van der Waals surface area contributed by atoms with Gasteiger partial charge in [0, 0.05) is 28.4 Å². The third-order valence-corrected chi connectivity index (χ3v) is 3.83. The number of anilines is 1. The van der Waals surface area contributed by atoms with Crippen molar-refractivity contribution in [3.8, 4) is 0 Å². The van der Waals surface area contributed by atoms with Crippen LogP contribution in [0.3, 0.4) is 0 Å². The number of H-pyrrole nitrogens is 1. The van der Waals surface area contributed by atoms with E-state index in [2.05, 4.69) is 10.3 Å². The van der Waals surface area contributed by atoms with Crippen LogP contribution >= 0.6 is 0 Å². The van der Waals surface area contributed by atoms with Gasteiger partial charge in [0.15, 0.2) is 5.43 Å². The van der Waals surface area contributed by atoms with Crippen LogP contribution in [0.4, 0.5) is 5.69 Å². The van der Waals surface area contributed by atoms with Crippen molar-refractivity contribution in [1.29, 1.82) is 0 Å². The summed E-state index contributed by atoms with van der Waals surface area (Å²) in [5, 5.41) is 13.2. The molecule has 0 radical (unpaired) electrons. The van der Waals surface area contributed by atoms with Crippen LogP contribution in [-0.4, -0.2) is 21.6 Å². The highest BCUT2D eigenvalue weighted by atomic mass is 16.3. The van der Waals surface area contributed by atoms with Gasteiger partial charge in [-0.25, -0.2) is 0 Å². The minimum atomic E-state index is -1.24. The maximum absolute atomic E-state index is 11.9. The molecule has 1 amide bonds. The predicted octanol–water partition coefficient (Wildman–Crippen LogP) is 1.69. The molecule has 5 heteroatoms. The summed E-state index contributed by atoms with van der Waals surface area (Å²) in [7, 11) is 0. The average molecular weight is 272 g/mol. The molecule has 1 heterocycles. The monoisotopic (exact) mass is 272 g/mol. The Hall–Kier alpha value is -2.14. The molecule has 2 aromatic rings. The minimum absolute atomic E-state index is 0.0882. The van der Waals surface area contributed by atoms with Gasteiger partial charge in [0.1, 0.15) is 5.60 Å². The number of aliphatic hydroxyl groups is 1. The first-order valence-electron chi connectivity index (χ1n) is 6.65. The molecule has 0 aliphatic heterocycles. The van der Waals surface area contributed by atoms with E-state index in [4.69, 9.17) is 0 Å². The number of aromatic nitrogens is 1. The number of carbonyl (C=O) groups excluding carboxylic acids is 1. The van der Waals surface area contributed by atoms with Crippen molar-refractivity contribution in [1.82, 2.24) is 4.98 Å². The third-order valence-electron chi connectivity index (χ3n) is 3.83. The number of pyridine rings is 1. The summed E-state index contributed by atoms with van der Waals surface area (Å²) < 4.78 is 0. The van der Waals surface area contributed by atoms with Gasteiger partial charge in [0.2, 0.25) is 0 Å². The lowest BCUT2D eigenvalue weighted by atomic mass is 9.79. The molecule has 1 saturated carbocycles. The van der Waals surface area contributed by atoms with Crippen molar-refractivity contribution in [3.63, 3.8) is 0 Å². The standard InChI is InChI=1S/C15H16N2O3/c1-9-7-13(18)11-8-10(3-4-12(11)16-9)17-14(19)15(20)5-2-6-15/h3-4,7-8,20H,2,5-6H2,1H3,(H,16,18)(H,17,19). The maximum Gasteiger partial charge on any atom is 0.256 e. The largest absolute Gasteiger partial charge is 0.380 e. The first kappa shape index (κ1) is 12.9. The quantitative estimate of drug-likeness (QED) is 0.778. The second-order valence-electron chi connectivity index (χ2n) is 5.42. The molecule has 1 fully saturated rings. The molecule has 1 aromatic carbocycles. The number of hydrogen-bond acceptors (Lipinski definition) is 3. The zero-order chi connectivity index (χ0) is 14.3. The molecule has 104 valence electrons. The summed E-state index contributed by atoms with van der Waals surface area (Å²) in [6.07, 6.45) is 1.85. The van der Waals surface area contributed by atoms with Crippen molar-refractivity contribution in [2.24, 2.45) is 0 Å². The Labute approximate surface area is 115 Å². The van der Waals surface area contributed by atoms with Crippen LogP contribution < -0.4 is 10.7 Å². The van der Waals surface area contributed by atoms with Crippen molar-refractivity contribution in [3.05, 3.63) is 40.2 Å².